The lowest BCUT2D eigenvalue weighted by Crippen LogP contribution is -2.14. The van der Waals surface area contributed by atoms with Gasteiger partial charge in [0, 0.05) is 5.69 Å². The van der Waals surface area contributed by atoms with Crippen LogP contribution in [0.2, 0.25) is 5.02 Å². The largest absolute Gasteiger partial charge is 0.399 e. The van der Waals surface area contributed by atoms with Crippen LogP contribution < -0.4 is 10.5 Å². The summed E-state index contributed by atoms with van der Waals surface area (Å²) in [5.74, 6) is 0. The number of halogens is 1. The third-order valence-electron chi connectivity index (χ3n) is 2.62. The summed E-state index contributed by atoms with van der Waals surface area (Å²) in [7, 11) is -3.65. The molecule has 3 N–H and O–H groups in total. The average molecular weight is 297 g/mol. The number of hydrogen-bond donors (Lipinski definition) is 2. The molecular formula is C13H13ClN2O2S. The van der Waals surface area contributed by atoms with Crippen molar-refractivity contribution in [1.29, 1.82) is 0 Å². The number of rotatable bonds is 3. The predicted octanol–water partition coefficient (Wildman–Crippen LogP) is 3.03. The van der Waals surface area contributed by atoms with E-state index in [9.17, 15) is 8.42 Å². The van der Waals surface area contributed by atoms with Gasteiger partial charge < -0.3 is 5.73 Å². The van der Waals surface area contributed by atoms with Gasteiger partial charge in [0.2, 0.25) is 0 Å². The second kappa shape index (κ2) is 5.11. The first-order valence-electron chi connectivity index (χ1n) is 5.53. The predicted molar refractivity (Wildman–Crippen MR) is 77.9 cm³/mol. The molecule has 0 amide bonds. The number of nitrogens with one attached hydrogen (secondary N) is 1. The molecule has 0 spiro atoms. The fourth-order valence-electron chi connectivity index (χ4n) is 1.67. The average Bonchev–Trinajstić information content (AvgIpc) is 2.33. The Morgan fingerprint density at radius 3 is 2.47 bits per heavy atom. The molecule has 0 aromatic heterocycles. The Bertz CT molecular complexity index is 714. The van der Waals surface area contributed by atoms with Crippen LogP contribution >= 0.6 is 11.6 Å². The van der Waals surface area contributed by atoms with E-state index in [1.807, 2.05) is 0 Å². The highest BCUT2D eigenvalue weighted by molar-refractivity contribution is 7.92. The van der Waals surface area contributed by atoms with Gasteiger partial charge in [-0.1, -0.05) is 29.8 Å². The van der Waals surface area contributed by atoms with Gasteiger partial charge in [-0.2, -0.15) is 0 Å². The zero-order chi connectivity index (χ0) is 14.0. The molecule has 0 radical (unpaired) electrons. The molecule has 0 fully saturated rings. The Morgan fingerprint density at radius 1 is 1.16 bits per heavy atom. The van der Waals surface area contributed by atoms with Crippen molar-refractivity contribution in [3.05, 3.63) is 53.1 Å². The maximum Gasteiger partial charge on any atom is 0.262 e. The van der Waals surface area contributed by atoms with Crippen molar-refractivity contribution in [2.24, 2.45) is 0 Å². The highest BCUT2D eigenvalue weighted by Crippen LogP contribution is 2.27. The lowest BCUT2D eigenvalue weighted by atomic mass is 10.2. The molecule has 0 unspecified atom stereocenters. The van der Waals surface area contributed by atoms with Crippen LogP contribution in [-0.4, -0.2) is 8.42 Å². The number of nitrogens with two attached hydrogens (primary N) is 1. The summed E-state index contributed by atoms with van der Waals surface area (Å²) >= 11 is 5.96. The maximum atomic E-state index is 12.3. The summed E-state index contributed by atoms with van der Waals surface area (Å²) in [5.41, 5.74) is 7.01. The summed E-state index contributed by atoms with van der Waals surface area (Å²) in [5, 5.41) is 0.261. The van der Waals surface area contributed by atoms with Crippen LogP contribution in [0.3, 0.4) is 0 Å². The molecule has 0 atom stereocenters. The third-order valence-corrected chi connectivity index (χ3v) is 4.46. The second-order valence-electron chi connectivity index (χ2n) is 4.11. The van der Waals surface area contributed by atoms with Gasteiger partial charge in [-0.05, 0) is 36.8 Å². The number of hydrogen-bond acceptors (Lipinski definition) is 3. The van der Waals surface area contributed by atoms with Gasteiger partial charge in [-0.25, -0.2) is 8.42 Å². The fourth-order valence-corrected chi connectivity index (χ4v) is 3.29. The molecule has 6 heteroatoms. The van der Waals surface area contributed by atoms with E-state index in [0.29, 0.717) is 16.9 Å². The number of nitrogen functional groups attached to an aromatic ring is 1. The second-order valence-corrected chi connectivity index (χ2v) is 6.17. The zero-order valence-electron chi connectivity index (χ0n) is 10.2. The summed E-state index contributed by atoms with van der Waals surface area (Å²) < 4.78 is 27.0. The van der Waals surface area contributed by atoms with Crippen LogP contribution in [-0.2, 0) is 10.0 Å². The van der Waals surface area contributed by atoms with Crippen LogP contribution in [0.15, 0.2) is 47.4 Å². The number of aryl methyl sites for hydroxylation is 1. The molecule has 2 aromatic carbocycles. The van der Waals surface area contributed by atoms with Crippen LogP contribution in [0, 0.1) is 6.92 Å². The van der Waals surface area contributed by atoms with Crippen molar-refractivity contribution >= 4 is 33.0 Å². The molecule has 0 aliphatic rings. The molecule has 0 aliphatic heterocycles. The van der Waals surface area contributed by atoms with E-state index in [4.69, 9.17) is 17.3 Å². The molecule has 0 heterocycles. The lowest BCUT2D eigenvalue weighted by Gasteiger charge is -2.11. The monoisotopic (exact) mass is 296 g/mol. The van der Waals surface area contributed by atoms with E-state index >= 15 is 0 Å². The fraction of sp³-hybridized carbons (Fsp3) is 0.0769. The van der Waals surface area contributed by atoms with Crippen molar-refractivity contribution in [1.82, 2.24) is 0 Å². The normalized spacial score (nSPS) is 11.3. The SMILES string of the molecule is Cc1ccccc1S(=O)(=O)Nc1ccc(N)cc1Cl. The maximum absolute atomic E-state index is 12.3. The van der Waals surface area contributed by atoms with Crippen molar-refractivity contribution in [2.45, 2.75) is 11.8 Å². The topological polar surface area (TPSA) is 72.2 Å². The first kappa shape index (κ1) is 13.7. The van der Waals surface area contributed by atoms with Crippen molar-refractivity contribution in [2.75, 3.05) is 10.5 Å². The van der Waals surface area contributed by atoms with Gasteiger partial charge in [0.1, 0.15) is 0 Å². The Hall–Kier alpha value is -1.72. The first-order chi connectivity index (χ1) is 8.90. The summed E-state index contributed by atoms with van der Waals surface area (Å²) in [4.78, 5) is 0.225. The minimum Gasteiger partial charge on any atom is -0.399 e. The standard InChI is InChI=1S/C13H13ClN2O2S/c1-9-4-2-3-5-13(9)19(17,18)16-12-7-6-10(15)8-11(12)14/h2-8,16H,15H2,1H3. The van der Waals surface area contributed by atoms with E-state index in [1.165, 1.54) is 12.1 Å². The zero-order valence-corrected chi connectivity index (χ0v) is 11.8. The molecule has 19 heavy (non-hydrogen) atoms. The van der Waals surface area contributed by atoms with E-state index in [1.54, 1.807) is 37.3 Å². The Kier molecular flexibility index (Phi) is 3.68. The van der Waals surface area contributed by atoms with E-state index in [0.717, 1.165) is 0 Å². The van der Waals surface area contributed by atoms with Gasteiger partial charge >= 0.3 is 0 Å². The number of anilines is 2. The van der Waals surface area contributed by atoms with Crippen LogP contribution in [0.5, 0.6) is 0 Å². The Balaban J connectivity index is 2.40. The minimum atomic E-state index is -3.65. The van der Waals surface area contributed by atoms with Gasteiger partial charge in [-0.3, -0.25) is 4.72 Å². The van der Waals surface area contributed by atoms with Gasteiger partial charge in [0.05, 0.1) is 15.6 Å². The molecule has 0 bridgehead atoms. The van der Waals surface area contributed by atoms with E-state index < -0.39 is 10.0 Å². The lowest BCUT2D eigenvalue weighted by molar-refractivity contribution is 0.600. The highest BCUT2D eigenvalue weighted by atomic mass is 35.5. The number of benzene rings is 2. The van der Waals surface area contributed by atoms with Gasteiger partial charge in [-0.15, -0.1) is 0 Å². The quantitative estimate of drug-likeness (QED) is 0.855. The van der Waals surface area contributed by atoms with Crippen molar-refractivity contribution < 1.29 is 8.42 Å². The van der Waals surface area contributed by atoms with Gasteiger partial charge in [0.15, 0.2) is 0 Å². The van der Waals surface area contributed by atoms with Crippen LogP contribution in [0.1, 0.15) is 5.56 Å². The van der Waals surface area contributed by atoms with Crippen molar-refractivity contribution in [3.8, 4) is 0 Å². The molecule has 100 valence electrons. The summed E-state index contributed by atoms with van der Waals surface area (Å²) in [6.07, 6.45) is 0. The molecule has 2 rings (SSSR count). The van der Waals surface area contributed by atoms with E-state index in [2.05, 4.69) is 4.72 Å². The minimum absolute atomic E-state index is 0.225. The third kappa shape index (κ3) is 3.00. The Morgan fingerprint density at radius 2 is 1.84 bits per heavy atom. The molecule has 0 aliphatic carbocycles. The van der Waals surface area contributed by atoms with Gasteiger partial charge in [0.25, 0.3) is 10.0 Å². The Labute approximate surface area is 117 Å². The summed E-state index contributed by atoms with van der Waals surface area (Å²) in [6, 6.07) is 11.4. The highest BCUT2D eigenvalue weighted by Gasteiger charge is 2.17. The molecular weight excluding hydrogens is 284 g/mol. The molecule has 2 aromatic rings. The summed E-state index contributed by atoms with van der Waals surface area (Å²) in [6.45, 7) is 1.74. The first-order valence-corrected chi connectivity index (χ1v) is 7.40. The molecule has 0 saturated heterocycles. The van der Waals surface area contributed by atoms with Crippen LogP contribution in [0.4, 0.5) is 11.4 Å². The smallest absolute Gasteiger partial charge is 0.262 e. The molecule has 4 nitrogen and oxygen atoms in total. The molecule has 0 saturated carbocycles. The van der Waals surface area contributed by atoms with Crippen molar-refractivity contribution in [3.63, 3.8) is 0 Å². The van der Waals surface area contributed by atoms with Crippen LogP contribution in [0.25, 0.3) is 0 Å². The van der Waals surface area contributed by atoms with E-state index in [-0.39, 0.29) is 9.92 Å². The number of sulfonamides is 1.